The highest BCUT2D eigenvalue weighted by atomic mass is 16.5. The summed E-state index contributed by atoms with van der Waals surface area (Å²) < 4.78 is 10.4. The van der Waals surface area contributed by atoms with Crippen LogP contribution in [0.25, 0.3) is 0 Å². The van der Waals surface area contributed by atoms with E-state index in [9.17, 15) is 20.4 Å². The summed E-state index contributed by atoms with van der Waals surface area (Å²) >= 11 is 0. The molecule has 140 valence electrons. The number of hydrogen-bond acceptors (Lipinski definition) is 6. The van der Waals surface area contributed by atoms with Gasteiger partial charge in [-0.3, -0.25) is 0 Å². The highest BCUT2D eigenvalue weighted by Gasteiger charge is 2.51. The summed E-state index contributed by atoms with van der Waals surface area (Å²) in [5, 5.41) is 39.4. The first kappa shape index (κ1) is 18.4. The molecular formula is C20H24O6. The number of aliphatic hydroxyl groups is 2. The van der Waals surface area contributed by atoms with Crippen LogP contribution >= 0.6 is 0 Å². The normalized spacial score (nSPS) is 24.8. The lowest BCUT2D eigenvalue weighted by Crippen LogP contribution is -2.47. The highest BCUT2D eigenvalue weighted by Crippen LogP contribution is 2.58. The summed E-state index contributed by atoms with van der Waals surface area (Å²) in [6.45, 7) is -0.102. The van der Waals surface area contributed by atoms with Crippen LogP contribution in [0.2, 0.25) is 0 Å². The number of phenolic OH excluding ortho intramolecular Hbond substituents is 2. The average molecular weight is 360 g/mol. The van der Waals surface area contributed by atoms with Gasteiger partial charge in [-0.1, -0.05) is 12.1 Å². The van der Waals surface area contributed by atoms with Crippen LogP contribution in [-0.4, -0.2) is 47.9 Å². The highest BCUT2D eigenvalue weighted by molar-refractivity contribution is 5.48. The van der Waals surface area contributed by atoms with Crippen LogP contribution in [-0.2, 0) is 0 Å². The van der Waals surface area contributed by atoms with Crippen LogP contribution in [0, 0.1) is 11.8 Å². The van der Waals surface area contributed by atoms with Crippen LogP contribution in [0.3, 0.4) is 0 Å². The molecule has 0 heterocycles. The van der Waals surface area contributed by atoms with Crippen molar-refractivity contribution >= 4 is 0 Å². The molecule has 0 saturated heterocycles. The van der Waals surface area contributed by atoms with Crippen LogP contribution in [0.1, 0.15) is 23.0 Å². The quantitative estimate of drug-likeness (QED) is 0.630. The molecule has 4 N–H and O–H groups in total. The molecule has 0 aromatic heterocycles. The van der Waals surface area contributed by atoms with Crippen molar-refractivity contribution in [3.8, 4) is 23.0 Å². The van der Waals surface area contributed by atoms with E-state index in [4.69, 9.17) is 9.47 Å². The first-order chi connectivity index (χ1) is 12.5. The van der Waals surface area contributed by atoms with E-state index in [-0.39, 0.29) is 48.4 Å². The molecule has 0 aliphatic heterocycles. The van der Waals surface area contributed by atoms with E-state index in [1.54, 1.807) is 24.3 Å². The van der Waals surface area contributed by atoms with Gasteiger partial charge in [-0.2, -0.15) is 0 Å². The maximum atomic E-state index is 9.85. The van der Waals surface area contributed by atoms with Crippen molar-refractivity contribution in [3.63, 3.8) is 0 Å². The number of ether oxygens (including phenoxy) is 2. The molecule has 3 rings (SSSR count). The monoisotopic (exact) mass is 360 g/mol. The summed E-state index contributed by atoms with van der Waals surface area (Å²) in [7, 11) is 2.98. The number of rotatable bonds is 6. The maximum Gasteiger partial charge on any atom is 0.160 e. The van der Waals surface area contributed by atoms with E-state index in [1.807, 2.05) is 12.1 Å². The van der Waals surface area contributed by atoms with E-state index in [0.29, 0.717) is 11.5 Å². The second kappa shape index (κ2) is 7.43. The lowest BCUT2D eigenvalue weighted by molar-refractivity contribution is -0.00331. The molecule has 6 heteroatoms. The fourth-order valence-corrected chi connectivity index (χ4v) is 4.13. The summed E-state index contributed by atoms with van der Waals surface area (Å²) in [5.41, 5.74) is 1.83. The van der Waals surface area contributed by atoms with Crippen molar-refractivity contribution in [2.45, 2.75) is 11.8 Å². The molecular weight excluding hydrogens is 336 g/mol. The van der Waals surface area contributed by atoms with Crippen LogP contribution in [0.5, 0.6) is 23.0 Å². The Labute approximate surface area is 152 Å². The van der Waals surface area contributed by atoms with Gasteiger partial charge in [0.15, 0.2) is 23.0 Å². The maximum absolute atomic E-state index is 9.85. The Morgan fingerprint density at radius 1 is 0.731 bits per heavy atom. The molecule has 26 heavy (non-hydrogen) atoms. The molecule has 0 radical (unpaired) electrons. The average Bonchev–Trinajstić information content (AvgIpc) is 2.64. The first-order valence-electron chi connectivity index (χ1n) is 8.51. The first-order valence-corrected chi connectivity index (χ1v) is 8.51. The summed E-state index contributed by atoms with van der Waals surface area (Å²) in [6.07, 6.45) is 0. The van der Waals surface area contributed by atoms with Crippen LogP contribution < -0.4 is 9.47 Å². The van der Waals surface area contributed by atoms with Gasteiger partial charge in [0.25, 0.3) is 0 Å². The number of aliphatic hydroxyl groups excluding tert-OH is 2. The van der Waals surface area contributed by atoms with Gasteiger partial charge in [0.05, 0.1) is 14.2 Å². The van der Waals surface area contributed by atoms with Gasteiger partial charge in [-0.05, 0) is 59.1 Å². The topological polar surface area (TPSA) is 99.4 Å². The minimum absolute atomic E-state index is 0.0508. The van der Waals surface area contributed by atoms with Gasteiger partial charge in [0.2, 0.25) is 0 Å². The Morgan fingerprint density at radius 3 is 1.42 bits per heavy atom. The Morgan fingerprint density at radius 2 is 1.12 bits per heavy atom. The van der Waals surface area contributed by atoms with E-state index >= 15 is 0 Å². The molecule has 1 fully saturated rings. The molecule has 0 bridgehead atoms. The molecule has 1 aliphatic rings. The third kappa shape index (κ3) is 2.95. The third-order valence-corrected chi connectivity index (χ3v) is 5.46. The minimum Gasteiger partial charge on any atom is -0.504 e. The SMILES string of the molecule is COc1cc(C2C(CO)C(CO)C2c2ccc(O)c(OC)c2)ccc1O. The van der Waals surface area contributed by atoms with Crippen LogP contribution in [0.4, 0.5) is 0 Å². The molecule has 0 spiro atoms. The standard InChI is InChI=1S/C20H24O6/c1-25-17-7-11(3-5-15(17)23)19-13(9-21)14(10-22)20(19)12-4-6-16(24)18(8-12)26-2/h3-8,13-14,19-24H,9-10H2,1-2H3. The van der Waals surface area contributed by atoms with E-state index in [2.05, 4.69) is 0 Å². The second-order valence-electron chi connectivity index (χ2n) is 6.61. The summed E-state index contributed by atoms with van der Waals surface area (Å²) in [4.78, 5) is 0. The number of phenols is 2. The Bertz CT molecular complexity index is 709. The Hall–Kier alpha value is -2.44. The van der Waals surface area contributed by atoms with Gasteiger partial charge in [-0.15, -0.1) is 0 Å². The molecule has 2 aromatic carbocycles. The van der Waals surface area contributed by atoms with Crippen molar-refractivity contribution in [3.05, 3.63) is 47.5 Å². The molecule has 0 amide bonds. The van der Waals surface area contributed by atoms with Crippen molar-refractivity contribution in [2.75, 3.05) is 27.4 Å². The van der Waals surface area contributed by atoms with Gasteiger partial charge in [0.1, 0.15) is 0 Å². The van der Waals surface area contributed by atoms with Gasteiger partial charge < -0.3 is 29.9 Å². The van der Waals surface area contributed by atoms with Crippen molar-refractivity contribution in [2.24, 2.45) is 11.8 Å². The smallest absolute Gasteiger partial charge is 0.160 e. The molecule has 1 aliphatic carbocycles. The largest absolute Gasteiger partial charge is 0.504 e. The Kier molecular flexibility index (Phi) is 5.25. The summed E-state index contributed by atoms with van der Waals surface area (Å²) in [6, 6.07) is 10.3. The number of benzene rings is 2. The zero-order valence-corrected chi connectivity index (χ0v) is 14.8. The zero-order valence-electron chi connectivity index (χ0n) is 14.8. The van der Waals surface area contributed by atoms with Crippen molar-refractivity contribution in [1.29, 1.82) is 0 Å². The van der Waals surface area contributed by atoms with E-state index < -0.39 is 0 Å². The fourth-order valence-electron chi connectivity index (χ4n) is 4.13. The molecule has 6 nitrogen and oxygen atoms in total. The zero-order chi connectivity index (χ0) is 18.8. The minimum atomic E-state index is -0.112. The van der Waals surface area contributed by atoms with Crippen molar-refractivity contribution in [1.82, 2.24) is 0 Å². The number of hydrogen-bond donors (Lipinski definition) is 4. The molecule has 4 unspecified atom stereocenters. The molecule has 2 aromatic rings. The summed E-state index contributed by atoms with van der Waals surface area (Å²) in [5.74, 6) is 0.512. The van der Waals surface area contributed by atoms with Gasteiger partial charge >= 0.3 is 0 Å². The van der Waals surface area contributed by atoms with E-state index in [0.717, 1.165) is 11.1 Å². The number of methoxy groups -OCH3 is 2. The lowest BCUT2D eigenvalue weighted by Gasteiger charge is -2.51. The molecule has 4 atom stereocenters. The van der Waals surface area contributed by atoms with Crippen LogP contribution in [0.15, 0.2) is 36.4 Å². The molecule has 1 saturated carbocycles. The van der Waals surface area contributed by atoms with Gasteiger partial charge in [0, 0.05) is 13.2 Å². The lowest BCUT2D eigenvalue weighted by atomic mass is 9.53. The second-order valence-corrected chi connectivity index (χ2v) is 6.61. The number of aromatic hydroxyl groups is 2. The third-order valence-electron chi connectivity index (χ3n) is 5.46. The predicted octanol–water partition coefficient (Wildman–Crippen LogP) is 2.21. The van der Waals surface area contributed by atoms with E-state index in [1.165, 1.54) is 14.2 Å². The van der Waals surface area contributed by atoms with Crippen molar-refractivity contribution < 1.29 is 29.9 Å². The Balaban J connectivity index is 2.03. The predicted molar refractivity (Wildman–Crippen MR) is 96.0 cm³/mol. The van der Waals surface area contributed by atoms with Gasteiger partial charge in [-0.25, -0.2) is 0 Å². The fraction of sp³-hybridized carbons (Fsp3) is 0.400.